The summed E-state index contributed by atoms with van der Waals surface area (Å²) < 4.78 is 43.5. The van der Waals surface area contributed by atoms with Gasteiger partial charge >= 0.3 is 19.2 Å². The summed E-state index contributed by atoms with van der Waals surface area (Å²) in [6.45, 7) is 16.4. The van der Waals surface area contributed by atoms with Crippen LogP contribution in [-0.2, 0) is 39.5 Å². The predicted octanol–water partition coefficient (Wildman–Crippen LogP) is 6.46. The Morgan fingerprint density at radius 2 is 1.56 bits per heavy atom. The first-order chi connectivity index (χ1) is 26.0. The first-order valence-electron chi connectivity index (χ1n) is 20.7. The van der Waals surface area contributed by atoms with E-state index in [4.69, 9.17) is 33.0 Å². The lowest BCUT2D eigenvalue weighted by Crippen LogP contribution is -2.65. The molecule has 10 rings (SSSR count). The van der Waals surface area contributed by atoms with Crippen LogP contribution in [0.5, 0.6) is 5.75 Å². The van der Waals surface area contributed by atoms with Crippen LogP contribution in [0.3, 0.4) is 0 Å². The van der Waals surface area contributed by atoms with Gasteiger partial charge < -0.3 is 43.2 Å². The zero-order valence-corrected chi connectivity index (χ0v) is 34.1. The fourth-order valence-electron chi connectivity index (χ4n) is 12.0. The van der Waals surface area contributed by atoms with Crippen molar-refractivity contribution in [3.63, 3.8) is 0 Å². The minimum atomic E-state index is -0.866. The van der Waals surface area contributed by atoms with E-state index in [2.05, 4.69) is 46.9 Å². The van der Waals surface area contributed by atoms with E-state index in [-0.39, 0.29) is 53.0 Å². The van der Waals surface area contributed by atoms with Crippen LogP contribution < -0.4 is 10.1 Å². The zero-order chi connectivity index (χ0) is 39.1. The van der Waals surface area contributed by atoms with Crippen molar-refractivity contribution in [1.82, 2.24) is 10.2 Å². The lowest BCUT2D eigenvalue weighted by atomic mass is 9.43. The van der Waals surface area contributed by atoms with Crippen molar-refractivity contribution < 1.29 is 47.4 Å². The third-order valence-corrected chi connectivity index (χ3v) is 15.5. The highest BCUT2D eigenvalue weighted by Gasteiger charge is 2.70. The standard InChI is InChI=1S/C42H61BN2O10/c1-38(2)26-20-29(38)41(6)31(22-26)52-40(5,54-41)16-15-34(46)44-33(43-53-32-23-27-21-30(39(27,3)4)42(32,7)55-43)19-25-13-12-14-28(35(25)49-8)36(47)50-24-51-37(48)45-17-10-9-11-18-45/h12-14,26-27,29-33H,9-11,15-24H2,1-8H3,(H,44,46). The molecule has 0 spiro atoms. The number of methoxy groups -OCH3 is 1. The smallest absolute Gasteiger partial charge is 0.482 e. The average molecular weight is 765 g/mol. The number of piperidine rings is 1. The molecule has 0 aromatic heterocycles. The first-order valence-corrected chi connectivity index (χ1v) is 20.7. The third kappa shape index (κ3) is 6.56. The van der Waals surface area contributed by atoms with E-state index < -0.39 is 43.3 Å². The molecule has 0 radical (unpaired) electrons. The summed E-state index contributed by atoms with van der Waals surface area (Å²) in [4.78, 5) is 41.4. The van der Waals surface area contributed by atoms with Crippen LogP contribution in [0.4, 0.5) is 4.79 Å². The predicted molar refractivity (Wildman–Crippen MR) is 203 cm³/mol. The second-order valence-corrected chi connectivity index (χ2v) is 19.3. The number of rotatable bonds is 11. The van der Waals surface area contributed by atoms with Crippen molar-refractivity contribution in [2.45, 2.75) is 148 Å². The van der Waals surface area contributed by atoms with Gasteiger partial charge in [0.25, 0.3) is 0 Å². The lowest BCUT2D eigenvalue weighted by Gasteiger charge is -2.64. The average Bonchev–Trinajstić information content (AvgIpc) is 3.66. The van der Waals surface area contributed by atoms with Gasteiger partial charge in [-0.25, -0.2) is 9.59 Å². The molecule has 9 fully saturated rings. The molecule has 302 valence electrons. The SMILES string of the molecule is COc1c(CC(NC(=O)CCC2(C)OC3CC4CC(C4(C)C)C3(C)O2)B2OC3CC4CC(C4(C)C)C3(C)O2)cccc1C(=O)OCOC(=O)N1CCCCC1. The van der Waals surface area contributed by atoms with Crippen molar-refractivity contribution in [2.75, 3.05) is 27.0 Å². The van der Waals surface area contributed by atoms with Crippen LogP contribution >= 0.6 is 0 Å². The van der Waals surface area contributed by atoms with Crippen LogP contribution in [0.1, 0.15) is 122 Å². The monoisotopic (exact) mass is 764 g/mol. The first kappa shape index (κ1) is 39.0. The number of benzene rings is 1. The van der Waals surface area contributed by atoms with Gasteiger partial charge in [0.1, 0.15) is 11.3 Å². The summed E-state index contributed by atoms with van der Waals surface area (Å²) in [7, 11) is 0.785. The molecule has 6 saturated carbocycles. The molecule has 55 heavy (non-hydrogen) atoms. The Hall–Kier alpha value is -2.87. The van der Waals surface area contributed by atoms with E-state index >= 15 is 0 Å². The number of carbonyl (C=O) groups excluding carboxylic acids is 3. The van der Waals surface area contributed by atoms with Crippen molar-refractivity contribution in [3.05, 3.63) is 29.3 Å². The molecule has 2 amide bonds. The summed E-state index contributed by atoms with van der Waals surface area (Å²) in [5.41, 5.74) is 0.404. The number of para-hydroxylation sites is 1. The molecule has 9 aliphatic rings. The Kier molecular flexibility index (Phi) is 9.86. The van der Waals surface area contributed by atoms with Crippen molar-refractivity contribution >= 4 is 25.1 Å². The fraction of sp³-hybridized carbons (Fsp3) is 0.786. The molecule has 13 heteroatoms. The normalized spacial score (nSPS) is 38.1. The van der Waals surface area contributed by atoms with Gasteiger partial charge in [0.05, 0.1) is 36.5 Å². The van der Waals surface area contributed by atoms with Gasteiger partial charge in [0.2, 0.25) is 12.7 Å². The number of amides is 2. The number of hydrogen-bond donors (Lipinski definition) is 1. The third-order valence-electron chi connectivity index (χ3n) is 15.5. The molecular weight excluding hydrogens is 703 g/mol. The number of likely N-dealkylation sites (tertiary alicyclic amines) is 1. The maximum Gasteiger partial charge on any atom is 0.482 e. The van der Waals surface area contributed by atoms with Crippen molar-refractivity contribution in [1.29, 1.82) is 0 Å². The number of nitrogens with one attached hydrogen (secondary N) is 1. The van der Waals surface area contributed by atoms with Crippen LogP contribution in [0.2, 0.25) is 0 Å². The highest BCUT2D eigenvalue weighted by atomic mass is 16.8. The molecule has 4 bridgehead atoms. The Bertz CT molecular complexity index is 1680. The second kappa shape index (κ2) is 13.9. The maximum absolute atomic E-state index is 14.0. The highest BCUT2D eigenvalue weighted by Crippen LogP contribution is 2.68. The van der Waals surface area contributed by atoms with Gasteiger partial charge in [-0.05, 0) is 118 Å². The quantitative estimate of drug-likeness (QED) is 0.152. The summed E-state index contributed by atoms with van der Waals surface area (Å²) in [5, 5.41) is 3.27. The molecular formula is C42H61BN2O10. The Labute approximate surface area is 326 Å². The summed E-state index contributed by atoms with van der Waals surface area (Å²) in [6.07, 6.45) is 7.43. The minimum absolute atomic E-state index is 0.0260. The Balaban J connectivity index is 0.966. The number of hydrogen-bond acceptors (Lipinski definition) is 10. The minimum Gasteiger partial charge on any atom is -0.496 e. The summed E-state index contributed by atoms with van der Waals surface area (Å²) in [6, 6.07) is 5.23. The largest absolute Gasteiger partial charge is 0.496 e. The van der Waals surface area contributed by atoms with Crippen LogP contribution in [0.15, 0.2) is 18.2 Å². The zero-order valence-electron chi connectivity index (χ0n) is 34.1. The molecule has 3 saturated heterocycles. The molecule has 1 N–H and O–H groups in total. The van der Waals surface area contributed by atoms with E-state index in [1.54, 1.807) is 17.0 Å². The molecule has 1 aromatic rings. The van der Waals surface area contributed by atoms with E-state index in [9.17, 15) is 14.4 Å². The van der Waals surface area contributed by atoms with Crippen LogP contribution in [0.25, 0.3) is 0 Å². The Morgan fingerprint density at radius 1 is 0.891 bits per heavy atom. The van der Waals surface area contributed by atoms with Gasteiger partial charge in [-0.1, -0.05) is 39.8 Å². The Morgan fingerprint density at radius 3 is 2.24 bits per heavy atom. The number of carbonyl (C=O) groups is 3. The van der Waals surface area contributed by atoms with Gasteiger partial charge in [-0.3, -0.25) is 4.79 Å². The molecule has 12 nitrogen and oxygen atoms in total. The van der Waals surface area contributed by atoms with E-state index in [1.165, 1.54) is 7.11 Å². The number of esters is 1. The molecule has 10 atom stereocenters. The molecule has 6 aliphatic carbocycles. The van der Waals surface area contributed by atoms with Crippen molar-refractivity contribution in [2.24, 2.45) is 34.5 Å². The van der Waals surface area contributed by atoms with Gasteiger partial charge in [0, 0.05) is 25.9 Å². The van der Waals surface area contributed by atoms with E-state index in [0.717, 1.165) is 44.9 Å². The number of nitrogens with zero attached hydrogens (tertiary/aromatic N) is 1. The van der Waals surface area contributed by atoms with Gasteiger partial charge in [-0.2, -0.15) is 0 Å². The molecule has 3 heterocycles. The maximum atomic E-state index is 14.0. The van der Waals surface area contributed by atoms with Crippen LogP contribution in [-0.4, -0.2) is 92.1 Å². The topological polar surface area (TPSA) is 131 Å². The summed E-state index contributed by atoms with van der Waals surface area (Å²) >= 11 is 0. The molecule has 10 unspecified atom stereocenters. The van der Waals surface area contributed by atoms with Gasteiger partial charge in [0.15, 0.2) is 5.79 Å². The van der Waals surface area contributed by atoms with E-state index in [0.29, 0.717) is 54.5 Å². The van der Waals surface area contributed by atoms with Crippen LogP contribution in [0, 0.1) is 34.5 Å². The lowest BCUT2D eigenvalue weighted by molar-refractivity contribution is -0.226. The summed E-state index contributed by atoms with van der Waals surface area (Å²) in [5.74, 6) is 0.00181. The second-order valence-electron chi connectivity index (χ2n) is 19.3. The molecule has 1 aromatic carbocycles. The van der Waals surface area contributed by atoms with E-state index in [1.807, 2.05) is 13.0 Å². The number of ether oxygens (including phenoxy) is 5. The highest BCUT2D eigenvalue weighted by molar-refractivity contribution is 6.48. The van der Waals surface area contributed by atoms with Gasteiger partial charge in [-0.15, -0.1) is 0 Å². The molecule has 3 aliphatic heterocycles. The van der Waals surface area contributed by atoms with Crippen molar-refractivity contribution in [3.8, 4) is 5.75 Å². The fourth-order valence-corrected chi connectivity index (χ4v) is 12.0.